The Morgan fingerprint density at radius 3 is 2.84 bits per heavy atom. The van der Waals surface area contributed by atoms with Crippen LogP contribution >= 0.6 is 11.6 Å². The van der Waals surface area contributed by atoms with Crippen molar-refractivity contribution in [1.29, 1.82) is 0 Å². The summed E-state index contributed by atoms with van der Waals surface area (Å²) in [6.45, 7) is 5.08. The van der Waals surface area contributed by atoms with Gasteiger partial charge in [0.05, 0.1) is 10.6 Å². The van der Waals surface area contributed by atoms with Gasteiger partial charge in [0.15, 0.2) is 0 Å². The van der Waals surface area contributed by atoms with Crippen molar-refractivity contribution in [2.75, 3.05) is 11.9 Å². The molecule has 1 saturated carbocycles. The van der Waals surface area contributed by atoms with Gasteiger partial charge in [0, 0.05) is 18.8 Å². The maximum Gasteiger partial charge on any atom is 0.253 e. The molecule has 0 radical (unpaired) electrons. The Labute approximate surface area is 118 Å². The topological polar surface area (TPSA) is 54.0 Å². The highest BCUT2D eigenvalue weighted by Gasteiger charge is 2.27. The Bertz CT molecular complexity index is 458. The van der Waals surface area contributed by atoms with E-state index in [2.05, 4.69) is 29.5 Å². The normalized spacial score (nSPS) is 21.6. The van der Waals surface area contributed by atoms with Crippen molar-refractivity contribution >= 4 is 23.3 Å². The van der Waals surface area contributed by atoms with Crippen LogP contribution < -0.4 is 10.6 Å². The van der Waals surface area contributed by atoms with Crippen LogP contribution in [0.1, 0.15) is 43.5 Å². The molecule has 1 aromatic heterocycles. The summed E-state index contributed by atoms with van der Waals surface area (Å²) in [4.78, 5) is 16.2. The molecule has 0 unspecified atom stereocenters. The first-order valence-electron chi connectivity index (χ1n) is 6.80. The molecule has 1 fully saturated rings. The summed E-state index contributed by atoms with van der Waals surface area (Å²) in [5.74, 6) is 1.26. The van der Waals surface area contributed by atoms with Crippen LogP contribution in [0.3, 0.4) is 0 Å². The maximum atomic E-state index is 12.0. The van der Waals surface area contributed by atoms with Crippen LogP contribution in [0.4, 0.5) is 5.82 Å². The highest BCUT2D eigenvalue weighted by Crippen LogP contribution is 2.27. The average Bonchev–Trinajstić information content (AvgIpc) is 2.35. The standard InChI is InChI=1S/C14H20ClN3O/c1-3-4-16-13-12(15)7-10(8-17-13)14(19)18-11-5-9(2)6-11/h7-9,11H,3-6H2,1-2H3,(H,16,17)(H,18,19). The molecule has 0 saturated heterocycles. The lowest BCUT2D eigenvalue weighted by atomic mass is 9.82. The molecule has 1 aliphatic carbocycles. The molecule has 0 aliphatic heterocycles. The highest BCUT2D eigenvalue weighted by atomic mass is 35.5. The lowest BCUT2D eigenvalue weighted by Crippen LogP contribution is -2.43. The van der Waals surface area contributed by atoms with Gasteiger partial charge >= 0.3 is 0 Å². The van der Waals surface area contributed by atoms with Crippen LogP contribution in [0, 0.1) is 5.92 Å². The zero-order valence-corrected chi connectivity index (χ0v) is 12.1. The van der Waals surface area contributed by atoms with Crippen molar-refractivity contribution in [2.24, 2.45) is 5.92 Å². The fourth-order valence-corrected chi connectivity index (χ4v) is 2.46. The molecule has 0 atom stereocenters. The number of pyridine rings is 1. The molecule has 2 rings (SSSR count). The summed E-state index contributed by atoms with van der Waals surface area (Å²) in [6, 6.07) is 1.98. The van der Waals surface area contributed by atoms with Crippen LogP contribution in [-0.2, 0) is 0 Å². The smallest absolute Gasteiger partial charge is 0.253 e. The molecule has 19 heavy (non-hydrogen) atoms. The van der Waals surface area contributed by atoms with Crippen molar-refractivity contribution in [3.63, 3.8) is 0 Å². The van der Waals surface area contributed by atoms with Gasteiger partial charge in [0.25, 0.3) is 5.91 Å². The van der Waals surface area contributed by atoms with Gasteiger partial charge in [-0.3, -0.25) is 4.79 Å². The third-order valence-electron chi connectivity index (χ3n) is 3.35. The number of anilines is 1. The van der Waals surface area contributed by atoms with E-state index in [4.69, 9.17) is 11.6 Å². The molecule has 0 aromatic carbocycles. The second-order valence-corrected chi connectivity index (χ2v) is 5.64. The molecule has 5 heteroatoms. The quantitative estimate of drug-likeness (QED) is 0.872. The van der Waals surface area contributed by atoms with Crippen LogP contribution in [0.2, 0.25) is 5.02 Å². The number of nitrogens with zero attached hydrogens (tertiary/aromatic N) is 1. The first-order chi connectivity index (χ1) is 9.10. The lowest BCUT2D eigenvalue weighted by molar-refractivity contribution is 0.0895. The number of halogens is 1. The maximum absolute atomic E-state index is 12.0. The van der Waals surface area contributed by atoms with Gasteiger partial charge in [-0.15, -0.1) is 0 Å². The van der Waals surface area contributed by atoms with E-state index < -0.39 is 0 Å². The SMILES string of the molecule is CCCNc1ncc(C(=O)NC2CC(C)C2)cc1Cl. The molecule has 4 nitrogen and oxygen atoms in total. The third-order valence-corrected chi connectivity index (χ3v) is 3.64. The summed E-state index contributed by atoms with van der Waals surface area (Å²) in [5.41, 5.74) is 0.520. The number of aromatic nitrogens is 1. The van der Waals surface area contributed by atoms with Gasteiger partial charge in [-0.05, 0) is 31.2 Å². The van der Waals surface area contributed by atoms with Gasteiger partial charge in [0.2, 0.25) is 0 Å². The lowest BCUT2D eigenvalue weighted by Gasteiger charge is -2.33. The van der Waals surface area contributed by atoms with E-state index in [9.17, 15) is 4.79 Å². The van der Waals surface area contributed by atoms with E-state index >= 15 is 0 Å². The van der Waals surface area contributed by atoms with E-state index in [-0.39, 0.29) is 5.91 Å². The second-order valence-electron chi connectivity index (χ2n) is 5.23. The molecule has 0 spiro atoms. The van der Waals surface area contributed by atoms with Gasteiger partial charge in [-0.25, -0.2) is 4.98 Å². The highest BCUT2D eigenvalue weighted by molar-refractivity contribution is 6.33. The van der Waals surface area contributed by atoms with E-state index in [1.54, 1.807) is 12.3 Å². The molecule has 0 bridgehead atoms. The van der Waals surface area contributed by atoms with Crippen LogP contribution in [0.25, 0.3) is 0 Å². The fraction of sp³-hybridized carbons (Fsp3) is 0.571. The molecular weight excluding hydrogens is 262 g/mol. The molecule has 1 amide bonds. The molecule has 1 aromatic rings. The average molecular weight is 282 g/mol. The molecule has 1 aliphatic rings. The number of hydrogen-bond acceptors (Lipinski definition) is 3. The van der Waals surface area contributed by atoms with Crippen molar-refractivity contribution in [3.05, 3.63) is 22.8 Å². The number of nitrogens with one attached hydrogen (secondary N) is 2. The van der Waals surface area contributed by atoms with Gasteiger partial charge in [-0.2, -0.15) is 0 Å². The molecule has 2 N–H and O–H groups in total. The Balaban J connectivity index is 1.96. The Morgan fingerprint density at radius 2 is 2.26 bits per heavy atom. The third kappa shape index (κ3) is 3.60. The van der Waals surface area contributed by atoms with Gasteiger partial charge in [-0.1, -0.05) is 25.4 Å². The summed E-state index contributed by atoms with van der Waals surface area (Å²) in [7, 11) is 0. The van der Waals surface area contributed by atoms with E-state index in [0.717, 1.165) is 25.8 Å². The number of carbonyl (C=O) groups excluding carboxylic acids is 1. The van der Waals surface area contributed by atoms with Crippen molar-refractivity contribution < 1.29 is 4.79 Å². The van der Waals surface area contributed by atoms with Gasteiger partial charge < -0.3 is 10.6 Å². The minimum atomic E-state index is -0.0895. The summed E-state index contributed by atoms with van der Waals surface area (Å²) in [6.07, 6.45) is 4.69. The Kier molecular flexibility index (Phi) is 4.64. The van der Waals surface area contributed by atoms with E-state index in [1.165, 1.54) is 0 Å². The predicted molar refractivity (Wildman–Crippen MR) is 77.7 cm³/mol. The summed E-state index contributed by atoms with van der Waals surface area (Å²) >= 11 is 6.11. The van der Waals surface area contributed by atoms with Crippen LogP contribution in [-0.4, -0.2) is 23.5 Å². The van der Waals surface area contributed by atoms with Crippen molar-refractivity contribution in [3.8, 4) is 0 Å². The van der Waals surface area contributed by atoms with Crippen molar-refractivity contribution in [1.82, 2.24) is 10.3 Å². The predicted octanol–water partition coefficient (Wildman–Crippen LogP) is 3.09. The first kappa shape index (κ1) is 14.1. The van der Waals surface area contributed by atoms with Gasteiger partial charge in [0.1, 0.15) is 5.82 Å². The molecule has 1 heterocycles. The largest absolute Gasteiger partial charge is 0.369 e. The summed E-state index contributed by atoms with van der Waals surface area (Å²) < 4.78 is 0. The number of hydrogen-bond donors (Lipinski definition) is 2. The number of amides is 1. The molecule has 104 valence electrons. The second kappa shape index (κ2) is 6.24. The zero-order valence-electron chi connectivity index (χ0n) is 11.4. The zero-order chi connectivity index (χ0) is 13.8. The van der Waals surface area contributed by atoms with E-state index in [0.29, 0.717) is 28.4 Å². The number of carbonyl (C=O) groups is 1. The first-order valence-corrected chi connectivity index (χ1v) is 7.18. The number of rotatable bonds is 5. The van der Waals surface area contributed by atoms with Crippen molar-refractivity contribution in [2.45, 2.75) is 39.2 Å². The minimum absolute atomic E-state index is 0.0895. The monoisotopic (exact) mass is 281 g/mol. The summed E-state index contributed by atoms with van der Waals surface area (Å²) in [5, 5.41) is 6.61. The minimum Gasteiger partial charge on any atom is -0.369 e. The van der Waals surface area contributed by atoms with Crippen LogP contribution in [0.15, 0.2) is 12.3 Å². The molecular formula is C14H20ClN3O. The fourth-order valence-electron chi connectivity index (χ4n) is 2.22. The van der Waals surface area contributed by atoms with E-state index in [1.807, 2.05) is 0 Å². The van der Waals surface area contributed by atoms with Crippen LogP contribution in [0.5, 0.6) is 0 Å². The Morgan fingerprint density at radius 1 is 1.53 bits per heavy atom. The Hall–Kier alpha value is -1.29.